The van der Waals surface area contributed by atoms with Crippen molar-refractivity contribution >= 4 is 16.1 Å². The second-order valence-electron chi connectivity index (χ2n) is 10.1. The first-order valence-corrected chi connectivity index (χ1v) is 14.4. The topological polar surface area (TPSA) is 82.2 Å². The molecular weight excluding hydrogens is 476 g/mol. The summed E-state index contributed by atoms with van der Waals surface area (Å²) in [6.07, 6.45) is 3.47. The first kappa shape index (κ1) is 25.0. The number of carbonyl (C=O) groups excluding carboxylic acids is 1. The Labute approximate surface area is 214 Å². The summed E-state index contributed by atoms with van der Waals surface area (Å²) < 4.78 is 35.0. The van der Waals surface area contributed by atoms with E-state index >= 15 is 0 Å². The van der Waals surface area contributed by atoms with Crippen molar-refractivity contribution in [3.8, 4) is 5.75 Å². The van der Waals surface area contributed by atoms with E-state index in [9.17, 15) is 13.2 Å². The summed E-state index contributed by atoms with van der Waals surface area (Å²) >= 11 is 0. The van der Waals surface area contributed by atoms with E-state index in [1.54, 1.807) is 11.4 Å². The number of sulfonamides is 1. The number of carbonyl (C=O) groups is 1. The summed E-state index contributed by atoms with van der Waals surface area (Å²) in [5.41, 5.74) is 3.65. The van der Waals surface area contributed by atoms with Crippen molar-refractivity contribution in [2.45, 2.75) is 50.2 Å². The number of piperidine rings is 1. The van der Waals surface area contributed by atoms with Gasteiger partial charge in [0, 0.05) is 52.9 Å². The molecule has 0 radical (unpaired) electrons. The van der Waals surface area contributed by atoms with Gasteiger partial charge >= 0.3 is 6.03 Å². The van der Waals surface area contributed by atoms with E-state index in [0.29, 0.717) is 45.1 Å². The molecule has 0 aliphatic carbocycles. The van der Waals surface area contributed by atoms with E-state index < -0.39 is 10.0 Å². The summed E-state index contributed by atoms with van der Waals surface area (Å²) in [7, 11) is -1.98. The number of rotatable bonds is 7. The average Bonchev–Trinajstić information content (AvgIpc) is 3.58. The van der Waals surface area contributed by atoms with Gasteiger partial charge in [0.1, 0.15) is 10.6 Å². The lowest BCUT2D eigenvalue weighted by atomic mass is 9.98. The summed E-state index contributed by atoms with van der Waals surface area (Å²) in [5, 5.41) is 2.68. The molecule has 2 amide bonds. The first-order chi connectivity index (χ1) is 17.4. The van der Waals surface area contributed by atoms with Crippen LogP contribution in [0.15, 0.2) is 47.4 Å². The lowest BCUT2D eigenvalue weighted by Crippen LogP contribution is -2.43. The van der Waals surface area contributed by atoms with Crippen molar-refractivity contribution in [3.63, 3.8) is 0 Å². The van der Waals surface area contributed by atoms with Gasteiger partial charge in [-0.25, -0.2) is 13.2 Å². The molecule has 0 spiro atoms. The van der Waals surface area contributed by atoms with Gasteiger partial charge in [-0.05, 0) is 60.4 Å². The number of ether oxygens (including phenoxy) is 1. The number of hydrogen-bond acceptors (Lipinski definition) is 5. The van der Waals surface area contributed by atoms with Crippen LogP contribution in [-0.4, -0.2) is 68.4 Å². The van der Waals surface area contributed by atoms with Gasteiger partial charge in [-0.3, -0.25) is 4.90 Å². The van der Waals surface area contributed by atoms with Crippen molar-refractivity contribution in [1.29, 1.82) is 0 Å². The number of fused-ring (bicyclic) bond motifs is 1. The SMILES string of the molecule is CNC(=O)N1CCC(COc2ccc(CN3Cc4ccccc4C3)cc2S(=O)(=O)N2CCCC2)CC1. The summed E-state index contributed by atoms with van der Waals surface area (Å²) in [5.74, 6) is 0.722. The maximum Gasteiger partial charge on any atom is 0.317 e. The lowest BCUT2D eigenvalue weighted by Gasteiger charge is -2.31. The van der Waals surface area contributed by atoms with Crippen LogP contribution in [0.3, 0.4) is 0 Å². The third kappa shape index (κ3) is 5.38. The zero-order chi connectivity index (χ0) is 25.1. The minimum atomic E-state index is -3.63. The number of likely N-dealkylation sites (tertiary alicyclic amines) is 1. The number of nitrogens with zero attached hydrogens (tertiary/aromatic N) is 3. The van der Waals surface area contributed by atoms with Gasteiger partial charge in [-0.15, -0.1) is 0 Å². The minimum Gasteiger partial charge on any atom is -0.492 e. The molecule has 3 heterocycles. The lowest BCUT2D eigenvalue weighted by molar-refractivity contribution is 0.145. The van der Waals surface area contributed by atoms with Gasteiger partial charge in [0.15, 0.2) is 0 Å². The predicted octanol–water partition coefficient (Wildman–Crippen LogP) is 3.42. The molecule has 0 atom stereocenters. The van der Waals surface area contributed by atoms with Crippen molar-refractivity contribution < 1.29 is 17.9 Å². The molecule has 8 nitrogen and oxygen atoms in total. The quantitative estimate of drug-likeness (QED) is 0.615. The Balaban J connectivity index is 1.30. The van der Waals surface area contributed by atoms with E-state index in [4.69, 9.17) is 4.74 Å². The largest absolute Gasteiger partial charge is 0.492 e. The third-order valence-electron chi connectivity index (χ3n) is 7.59. The van der Waals surface area contributed by atoms with Crippen LogP contribution in [0.25, 0.3) is 0 Å². The third-order valence-corrected chi connectivity index (χ3v) is 9.51. The van der Waals surface area contributed by atoms with Crippen LogP contribution in [0.1, 0.15) is 42.4 Å². The molecule has 0 aromatic heterocycles. The Morgan fingerprint density at radius 3 is 2.31 bits per heavy atom. The number of urea groups is 1. The first-order valence-electron chi connectivity index (χ1n) is 13.0. The molecule has 3 aliphatic rings. The number of hydrogen-bond donors (Lipinski definition) is 1. The fraction of sp³-hybridized carbons (Fsp3) is 0.519. The van der Waals surface area contributed by atoms with Crippen LogP contribution in [0.2, 0.25) is 0 Å². The van der Waals surface area contributed by atoms with Crippen molar-refractivity contribution in [2.75, 3.05) is 39.8 Å². The van der Waals surface area contributed by atoms with E-state index in [1.807, 2.05) is 23.1 Å². The Morgan fingerprint density at radius 1 is 1.00 bits per heavy atom. The van der Waals surface area contributed by atoms with Crippen LogP contribution in [0, 0.1) is 5.92 Å². The van der Waals surface area contributed by atoms with Gasteiger partial charge in [0.2, 0.25) is 10.0 Å². The van der Waals surface area contributed by atoms with Crippen LogP contribution in [0.4, 0.5) is 4.79 Å². The molecule has 36 heavy (non-hydrogen) atoms. The predicted molar refractivity (Wildman–Crippen MR) is 138 cm³/mol. The standard InChI is InChI=1S/C27H36N4O4S/c1-28-27(32)30-14-10-21(11-15-30)20-35-25-9-8-22(16-26(25)36(33,34)31-12-4-5-13-31)17-29-18-23-6-2-3-7-24(23)19-29/h2-3,6-9,16,21H,4-5,10-15,17-20H2,1H3,(H,28,32). The number of nitrogens with one attached hydrogen (secondary N) is 1. The van der Waals surface area contributed by atoms with Gasteiger partial charge < -0.3 is 15.0 Å². The van der Waals surface area contributed by atoms with E-state index in [1.165, 1.54) is 11.1 Å². The molecule has 5 rings (SSSR count). The van der Waals surface area contributed by atoms with Crippen molar-refractivity contribution in [2.24, 2.45) is 5.92 Å². The molecule has 194 valence electrons. The normalized spacial score (nSPS) is 19.4. The molecule has 2 saturated heterocycles. The molecule has 3 aliphatic heterocycles. The Hall–Kier alpha value is -2.62. The molecule has 2 fully saturated rings. The van der Waals surface area contributed by atoms with Gasteiger partial charge in [0.05, 0.1) is 6.61 Å². The van der Waals surface area contributed by atoms with Gasteiger partial charge in [-0.2, -0.15) is 4.31 Å². The van der Waals surface area contributed by atoms with E-state index in [2.05, 4.69) is 34.5 Å². The highest BCUT2D eigenvalue weighted by Crippen LogP contribution is 2.32. The summed E-state index contributed by atoms with van der Waals surface area (Å²) in [6, 6.07) is 14.1. The highest BCUT2D eigenvalue weighted by Gasteiger charge is 2.31. The molecule has 0 saturated carbocycles. The monoisotopic (exact) mass is 512 g/mol. The average molecular weight is 513 g/mol. The summed E-state index contributed by atoms with van der Waals surface area (Å²) in [6.45, 7) is 5.37. The molecule has 0 bridgehead atoms. The van der Waals surface area contributed by atoms with Crippen LogP contribution < -0.4 is 10.1 Å². The zero-order valence-corrected chi connectivity index (χ0v) is 21.8. The zero-order valence-electron chi connectivity index (χ0n) is 21.0. The molecule has 2 aromatic rings. The maximum absolute atomic E-state index is 13.6. The Morgan fingerprint density at radius 2 is 1.67 bits per heavy atom. The fourth-order valence-corrected chi connectivity index (χ4v) is 7.18. The van der Waals surface area contributed by atoms with Crippen molar-refractivity contribution in [3.05, 3.63) is 59.2 Å². The smallest absolute Gasteiger partial charge is 0.317 e. The van der Waals surface area contributed by atoms with Crippen LogP contribution >= 0.6 is 0 Å². The second kappa shape index (κ2) is 10.8. The molecule has 9 heteroatoms. The van der Waals surface area contributed by atoms with Gasteiger partial charge in [0.25, 0.3) is 0 Å². The van der Waals surface area contributed by atoms with Crippen molar-refractivity contribution in [1.82, 2.24) is 19.4 Å². The number of benzene rings is 2. The van der Waals surface area contributed by atoms with Crippen LogP contribution in [-0.2, 0) is 29.7 Å². The number of amides is 2. The fourth-order valence-electron chi connectivity index (χ4n) is 5.48. The second-order valence-corrected chi connectivity index (χ2v) is 12.0. The Bertz CT molecular complexity index is 1160. The van der Waals surface area contributed by atoms with Gasteiger partial charge in [-0.1, -0.05) is 30.3 Å². The summed E-state index contributed by atoms with van der Waals surface area (Å²) in [4.78, 5) is 16.3. The molecule has 2 aromatic carbocycles. The highest BCUT2D eigenvalue weighted by atomic mass is 32.2. The molecule has 0 unspecified atom stereocenters. The molecule has 1 N–H and O–H groups in total. The Kier molecular flexibility index (Phi) is 7.50. The van der Waals surface area contributed by atoms with E-state index in [0.717, 1.165) is 44.3 Å². The maximum atomic E-state index is 13.6. The van der Waals surface area contributed by atoms with E-state index in [-0.39, 0.29) is 16.8 Å². The highest BCUT2D eigenvalue weighted by molar-refractivity contribution is 7.89. The molecular formula is C27H36N4O4S. The van der Waals surface area contributed by atoms with Crippen LogP contribution in [0.5, 0.6) is 5.75 Å². The minimum absolute atomic E-state index is 0.0509.